The van der Waals surface area contributed by atoms with E-state index in [2.05, 4.69) is 52.6 Å². The minimum atomic E-state index is -1.34. The Labute approximate surface area is 366 Å². The van der Waals surface area contributed by atoms with Crippen LogP contribution in [-0.2, 0) is 57.3 Å². The Morgan fingerprint density at radius 3 is 0.556 bits per heavy atom. The van der Waals surface area contributed by atoms with Crippen molar-refractivity contribution in [3.8, 4) is 0 Å². The van der Waals surface area contributed by atoms with Crippen LogP contribution in [0.2, 0.25) is 0 Å². The Balaban J connectivity index is -0.000000135. The highest BCUT2D eigenvalue weighted by molar-refractivity contribution is 5.83. The normalized spacial score (nSPS) is 9.40. The summed E-state index contributed by atoms with van der Waals surface area (Å²) in [4.78, 5) is 82.3. The van der Waals surface area contributed by atoms with Crippen LogP contribution in [0.15, 0.2) is 101 Å². The number of ether oxygens (including phenoxy) is 4. The number of hydrogen-bond donors (Lipinski definition) is 10. The molecule has 0 rings (SSSR count). The molecule has 22 nitrogen and oxygen atoms in total. The molecule has 0 bridgehead atoms. The van der Waals surface area contributed by atoms with E-state index in [1.165, 1.54) is 0 Å². The fraction of sp³-hybridized carbons (Fsp3) is 0.415. The second-order valence-corrected chi connectivity index (χ2v) is 11.6. The monoisotopic (exact) mass is 908 g/mol. The molecule has 63 heavy (non-hydrogen) atoms. The lowest BCUT2D eigenvalue weighted by molar-refractivity contribution is -0.164. The number of aliphatic hydroxyl groups is 6. The summed E-state index contributed by atoms with van der Waals surface area (Å²) in [6, 6.07) is 0. The molecule has 0 atom stereocenters. The van der Waals surface area contributed by atoms with Gasteiger partial charge in [0.15, 0.2) is 0 Å². The van der Waals surface area contributed by atoms with Crippen molar-refractivity contribution in [2.45, 2.75) is 26.7 Å². The first-order valence-electron chi connectivity index (χ1n) is 17.6. The van der Waals surface area contributed by atoms with E-state index < -0.39 is 64.0 Å². The van der Waals surface area contributed by atoms with Crippen molar-refractivity contribution < 1.29 is 108 Å². The number of carbonyl (C=O) groups excluding carboxylic acids is 4. The second-order valence-electron chi connectivity index (χ2n) is 11.6. The van der Waals surface area contributed by atoms with Crippen LogP contribution in [0.3, 0.4) is 0 Å². The van der Waals surface area contributed by atoms with Gasteiger partial charge in [-0.3, -0.25) is 0 Å². The van der Waals surface area contributed by atoms with E-state index in [4.69, 9.17) is 70.0 Å². The van der Waals surface area contributed by atoms with Gasteiger partial charge in [0.25, 0.3) is 0 Å². The van der Waals surface area contributed by atoms with E-state index >= 15 is 0 Å². The van der Waals surface area contributed by atoms with Gasteiger partial charge in [0.05, 0.1) is 39.6 Å². The third-order valence-corrected chi connectivity index (χ3v) is 6.96. The van der Waals surface area contributed by atoms with E-state index in [9.17, 15) is 38.4 Å². The zero-order chi connectivity index (χ0) is 51.1. The molecule has 10 N–H and O–H groups in total. The number of hydrogen-bond acceptors (Lipinski definition) is 18. The molecule has 0 fully saturated rings. The minimum absolute atomic E-state index is 0.156. The first kappa shape index (κ1) is 71.0. The van der Waals surface area contributed by atoms with Crippen molar-refractivity contribution >= 4 is 47.8 Å². The number of carbonyl (C=O) groups is 8. The molecule has 0 amide bonds. The van der Waals surface area contributed by atoms with Crippen LogP contribution in [0.1, 0.15) is 26.7 Å². The van der Waals surface area contributed by atoms with Gasteiger partial charge in [-0.2, -0.15) is 0 Å². The fourth-order valence-electron chi connectivity index (χ4n) is 2.35. The summed E-state index contributed by atoms with van der Waals surface area (Å²) in [6.07, 6.45) is 8.21. The van der Waals surface area contributed by atoms with Crippen LogP contribution in [0, 0.1) is 16.2 Å². The third kappa shape index (κ3) is 48.0. The highest BCUT2D eigenvalue weighted by Gasteiger charge is 2.37. The smallest absolute Gasteiger partial charge is 0.330 e. The average molecular weight is 909 g/mol. The summed E-state index contributed by atoms with van der Waals surface area (Å²) < 4.78 is 19.8. The van der Waals surface area contributed by atoms with Gasteiger partial charge in [0.1, 0.15) is 31.8 Å². The lowest BCUT2D eigenvalue weighted by atomic mass is 9.88. The minimum Gasteiger partial charge on any atom is -0.478 e. The lowest BCUT2D eigenvalue weighted by Crippen LogP contribution is -2.43. The average Bonchev–Trinajstić information content (AvgIpc) is 3.30. The number of aliphatic hydroxyl groups excluding tert-OH is 6. The highest BCUT2D eigenvalue weighted by atomic mass is 16.6. The highest BCUT2D eigenvalue weighted by Crippen LogP contribution is 2.22. The number of carboxylic acids is 4. The van der Waals surface area contributed by atoms with E-state index in [0.717, 1.165) is 48.6 Å². The zero-order valence-electron chi connectivity index (χ0n) is 35.6. The number of carboxylic acid groups (broad SMARTS) is 4. The summed E-state index contributed by atoms with van der Waals surface area (Å²) in [5.74, 6) is -6.96. The zero-order valence-corrected chi connectivity index (χ0v) is 35.6. The van der Waals surface area contributed by atoms with Crippen LogP contribution in [0.5, 0.6) is 0 Å². The van der Waals surface area contributed by atoms with Gasteiger partial charge < -0.3 is 70.0 Å². The van der Waals surface area contributed by atoms with Crippen molar-refractivity contribution in [3.05, 3.63) is 101 Å². The van der Waals surface area contributed by atoms with Gasteiger partial charge in [0.2, 0.25) is 0 Å². The summed E-state index contributed by atoms with van der Waals surface area (Å²) in [5.41, 5.74) is -2.67. The van der Waals surface area contributed by atoms with Crippen LogP contribution in [0.25, 0.3) is 0 Å². The van der Waals surface area contributed by atoms with Crippen molar-refractivity contribution in [3.63, 3.8) is 0 Å². The van der Waals surface area contributed by atoms with E-state index in [0.29, 0.717) is 12.8 Å². The van der Waals surface area contributed by atoms with E-state index in [1.54, 1.807) is 0 Å². The molecule has 0 aromatic carbocycles. The van der Waals surface area contributed by atoms with Gasteiger partial charge in [-0.25, -0.2) is 38.4 Å². The quantitative estimate of drug-likeness (QED) is 0.0361. The second kappa shape index (κ2) is 46.5. The van der Waals surface area contributed by atoms with Gasteiger partial charge >= 0.3 is 47.8 Å². The Kier molecular flexibility index (Phi) is 52.4. The Morgan fingerprint density at radius 1 is 0.349 bits per heavy atom. The third-order valence-electron chi connectivity index (χ3n) is 6.96. The Bertz CT molecular complexity index is 1190. The topological polar surface area (TPSA) is 376 Å². The van der Waals surface area contributed by atoms with Crippen molar-refractivity contribution in [1.29, 1.82) is 0 Å². The predicted octanol–water partition coefficient (Wildman–Crippen LogP) is 0.637. The summed E-state index contributed by atoms with van der Waals surface area (Å²) in [7, 11) is 0. The van der Waals surface area contributed by atoms with Crippen LogP contribution in [-0.4, -0.2) is 165 Å². The molecule has 0 saturated heterocycles. The lowest BCUT2D eigenvalue weighted by Gasteiger charge is -2.31. The maximum Gasteiger partial charge on any atom is 0.330 e. The van der Waals surface area contributed by atoms with Crippen LogP contribution in [0.4, 0.5) is 0 Å². The standard InChI is InChI=1S/C17H20O8.2C6H14O3.4C3H4O2/c1-5-13(18)22-9-17(10-23-14(19)6-2,11-24-15(20)7-3)12-25-16(21)8-4;2*1-2-6(3-7,4-8)5-9;4*1-2-3(4)5/h5-8H,1-4,9-12H2;2*7-9H,2-5H2,1H3;4*2H,1H2,(H,4,5). The van der Waals surface area contributed by atoms with Gasteiger partial charge in [-0.15, -0.1) is 0 Å². The molecule has 0 radical (unpaired) electrons. The predicted molar refractivity (Wildman–Crippen MR) is 226 cm³/mol. The van der Waals surface area contributed by atoms with E-state index in [-0.39, 0.29) is 66.1 Å². The molecule has 0 aromatic heterocycles. The van der Waals surface area contributed by atoms with Gasteiger partial charge in [0, 0.05) is 59.4 Å². The molecule has 360 valence electrons. The number of esters is 4. The Morgan fingerprint density at radius 2 is 0.492 bits per heavy atom. The summed E-state index contributed by atoms with van der Waals surface area (Å²) in [6.45, 7) is 26.1. The number of aliphatic carboxylic acids is 4. The first-order chi connectivity index (χ1) is 29.4. The van der Waals surface area contributed by atoms with Crippen molar-refractivity contribution in [1.82, 2.24) is 0 Å². The first-order valence-corrected chi connectivity index (χ1v) is 17.6. The maximum atomic E-state index is 11.3. The largest absolute Gasteiger partial charge is 0.478 e. The molecule has 0 aliphatic heterocycles. The molecule has 0 spiro atoms. The SMILES string of the molecule is C=CC(=O)O.C=CC(=O)O.C=CC(=O)O.C=CC(=O)O.C=CC(=O)OCC(COC(=O)C=C)(COC(=O)C=C)COC(=O)C=C.CCC(CO)(CO)CO.CCC(CO)(CO)CO. The Hall–Kier alpha value is -6.56. The van der Waals surface area contributed by atoms with Crippen LogP contribution >= 0.6 is 0 Å². The molecule has 0 heterocycles. The molecular formula is C41H64O22. The molecule has 0 saturated carbocycles. The molecule has 22 heteroatoms. The van der Waals surface area contributed by atoms with E-state index in [1.807, 2.05) is 13.8 Å². The van der Waals surface area contributed by atoms with Gasteiger partial charge in [-0.05, 0) is 12.8 Å². The molecule has 0 aliphatic rings. The molecule has 0 unspecified atom stereocenters. The van der Waals surface area contributed by atoms with Gasteiger partial charge in [-0.1, -0.05) is 66.5 Å². The maximum absolute atomic E-state index is 11.3. The number of rotatable bonds is 24. The summed E-state index contributed by atoms with van der Waals surface area (Å²) in [5, 5.41) is 82.4. The van der Waals surface area contributed by atoms with Crippen molar-refractivity contribution in [2.75, 3.05) is 66.1 Å². The van der Waals surface area contributed by atoms with Crippen LogP contribution < -0.4 is 0 Å². The fourth-order valence-corrected chi connectivity index (χ4v) is 2.35. The van der Waals surface area contributed by atoms with Crippen molar-refractivity contribution in [2.24, 2.45) is 16.2 Å². The summed E-state index contributed by atoms with van der Waals surface area (Å²) >= 11 is 0. The molecule has 0 aliphatic carbocycles. The molecular weight excluding hydrogens is 844 g/mol. The molecule has 0 aromatic rings.